The van der Waals surface area contributed by atoms with Crippen molar-refractivity contribution in [3.05, 3.63) is 41.1 Å². The molecule has 0 aromatic heterocycles. The molecule has 140 valence electrons. The van der Waals surface area contributed by atoms with E-state index in [1.165, 1.54) is 43.5 Å². The highest BCUT2D eigenvalue weighted by atomic mass is 32.2. The second-order valence-electron chi connectivity index (χ2n) is 8.12. The molecule has 2 aliphatic heterocycles. The summed E-state index contributed by atoms with van der Waals surface area (Å²) < 4.78 is 0. The maximum atomic E-state index is 11.3. The van der Waals surface area contributed by atoms with Crippen LogP contribution in [0.1, 0.15) is 55.7 Å². The minimum Gasteiger partial charge on any atom is -0.387 e. The summed E-state index contributed by atoms with van der Waals surface area (Å²) >= 11 is 1.83. The number of rotatable bonds is 6. The van der Waals surface area contributed by atoms with Gasteiger partial charge in [0.15, 0.2) is 0 Å². The second kappa shape index (κ2) is 7.77. The molecule has 3 atom stereocenters. The number of likely N-dealkylation sites (tertiary alicyclic amines) is 1. The predicted molar refractivity (Wildman–Crippen MR) is 110 cm³/mol. The van der Waals surface area contributed by atoms with Gasteiger partial charge in [0.25, 0.3) is 0 Å². The van der Waals surface area contributed by atoms with Crippen molar-refractivity contribution in [3.8, 4) is 0 Å². The van der Waals surface area contributed by atoms with Crippen LogP contribution in [0.15, 0.2) is 24.4 Å². The third-order valence-electron chi connectivity index (χ3n) is 6.08. The summed E-state index contributed by atoms with van der Waals surface area (Å²) in [6.45, 7) is 7.33. The zero-order chi connectivity index (χ0) is 18.1. The Morgan fingerprint density at radius 1 is 1.38 bits per heavy atom. The third kappa shape index (κ3) is 3.46. The average molecular weight is 371 g/mol. The molecule has 0 bridgehead atoms. The minimum absolute atomic E-state index is 0.297. The minimum atomic E-state index is 0.297. The normalized spacial score (nSPS) is 27.2. The number of hydrogen-bond donors (Lipinski definition) is 1. The average Bonchev–Trinajstić information content (AvgIpc) is 2.63. The fourth-order valence-corrected chi connectivity index (χ4v) is 6.14. The van der Waals surface area contributed by atoms with Gasteiger partial charge >= 0.3 is 0 Å². The molecule has 4 rings (SSSR count). The van der Waals surface area contributed by atoms with E-state index in [-0.39, 0.29) is 0 Å². The highest BCUT2D eigenvalue weighted by Gasteiger charge is 2.41. The number of carbonyl (C=O) groups excluding carboxylic acids is 1. The van der Waals surface area contributed by atoms with Crippen LogP contribution in [0.4, 0.5) is 0 Å². The first-order valence-electron chi connectivity index (χ1n) is 10.0. The SMILES string of the molecule is CCCN1CC(CSCC(C)=O)CC2c3cccc4c3C(=CNC4)CC21. The van der Waals surface area contributed by atoms with Gasteiger partial charge in [0, 0.05) is 31.2 Å². The molecule has 0 saturated carbocycles. The fourth-order valence-electron chi connectivity index (χ4n) is 5.16. The molecule has 1 aromatic carbocycles. The summed E-state index contributed by atoms with van der Waals surface area (Å²) in [5.41, 5.74) is 6.09. The van der Waals surface area contributed by atoms with E-state index in [9.17, 15) is 4.79 Å². The molecular formula is C22H30N2OS. The molecular weight excluding hydrogens is 340 g/mol. The molecule has 0 spiro atoms. The van der Waals surface area contributed by atoms with E-state index < -0.39 is 0 Å². The molecule has 1 aliphatic carbocycles. The first kappa shape index (κ1) is 18.1. The molecule has 3 aliphatic rings. The van der Waals surface area contributed by atoms with Gasteiger partial charge in [-0.05, 0) is 66.7 Å². The maximum absolute atomic E-state index is 11.3. The highest BCUT2D eigenvalue weighted by Crippen LogP contribution is 2.48. The van der Waals surface area contributed by atoms with E-state index in [0.29, 0.717) is 29.4 Å². The quantitative estimate of drug-likeness (QED) is 0.819. The van der Waals surface area contributed by atoms with E-state index >= 15 is 0 Å². The number of Topliss-reactive ketones (excluding diaryl/α,β-unsaturated/α-hetero) is 1. The molecule has 3 unspecified atom stereocenters. The Kier molecular flexibility index (Phi) is 5.42. The lowest BCUT2D eigenvalue weighted by atomic mass is 9.69. The van der Waals surface area contributed by atoms with Gasteiger partial charge in [-0.3, -0.25) is 9.69 Å². The summed E-state index contributed by atoms with van der Waals surface area (Å²) in [5, 5.41) is 3.48. The molecule has 2 heterocycles. The summed E-state index contributed by atoms with van der Waals surface area (Å²) in [6, 6.07) is 7.55. The summed E-state index contributed by atoms with van der Waals surface area (Å²) in [4.78, 5) is 14.1. The van der Waals surface area contributed by atoms with Crippen molar-refractivity contribution < 1.29 is 4.79 Å². The molecule has 1 aromatic rings. The van der Waals surface area contributed by atoms with E-state index in [0.717, 1.165) is 12.3 Å². The van der Waals surface area contributed by atoms with Crippen LogP contribution >= 0.6 is 11.8 Å². The molecule has 0 amide bonds. The van der Waals surface area contributed by atoms with Crippen LogP contribution < -0.4 is 5.32 Å². The summed E-state index contributed by atoms with van der Waals surface area (Å²) in [6.07, 6.45) is 5.92. The molecule has 1 N–H and O–H groups in total. The lowest BCUT2D eigenvalue weighted by Crippen LogP contribution is -2.50. The van der Waals surface area contributed by atoms with Crippen LogP contribution in [-0.2, 0) is 11.3 Å². The topological polar surface area (TPSA) is 32.3 Å². The largest absolute Gasteiger partial charge is 0.387 e. The van der Waals surface area contributed by atoms with Gasteiger partial charge in [0.2, 0.25) is 0 Å². The predicted octanol–water partition coefficient (Wildman–Crippen LogP) is 4.04. The molecule has 4 heteroatoms. The molecule has 0 radical (unpaired) electrons. The number of nitrogens with one attached hydrogen (secondary N) is 1. The number of fused-ring (bicyclic) bond motifs is 2. The number of benzene rings is 1. The number of piperidine rings is 1. The molecule has 3 nitrogen and oxygen atoms in total. The van der Waals surface area contributed by atoms with Crippen molar-refractivity contribution in [2.45, 2.75) is 51.6 Å². The summed E-state index contributed by atoms with van der Waals surface area (Å²) in [7, 11) is 0. The Bertz CT molecular complexity index is 714. The zero-order valence-electron chi connectivity index (χ0n) is 16.0. The van der Waals surface area contributed by atoms with Crippen molar-refractivity contribution in [1.29, 1.82) is 0 Å². The number of thioether (sulfide) groups is 1. The Hall–Kier alpha value is -1.26. The smallest absolute Gasteiger partial charge is 0.139 e. The monoisotopic (exact) mass is 370 g/mol. The molecule has 1 saturated heterocycles. The standard InChI is InChI=1S/C22H30N2OS/c1-3-7-24-12-16(14-26-13-15(2)25)8-20-19-6-4-5-17-10-23-11-18(22(17)19)9-21(20)24/h4-6,11,16,20-21,23H,3,7-10,12-14H2,1-2H3. The van der Waals surface area contributed by atoms with Crippen molar-refractivity contribution in [2.75, 3.05) is 24.6 Å². The number of ketones is 1. The summed E-state index contributed by atoms with van der Waals surface area (Å²) in [5.74, 6) is 3.41. The van der Waals surface area contributed by atoms with Crippen molar-refractivity contribution >= 4 is 23.1 Å². The van der Waals surface area contributed by atoms with Crippen LogP contribution in [0.25, 0.3) is 5.57 Å². The number of hydrogen-bond acceptors (Lipinski definition) is 4. The first-order valence-corrected chi connectivity index (χ1v) is 11.2. The second-order valence-corrected chi connectivity index (χ2v) is 9.15. The van der Waals surface area contributed by atoms with E-state index in [1.54, 1.807) is 18.1 Å². The van der Waals surface area contributed by atoms with E-state index in [4.69, 9.17) is 0 Å². The van der Waals surface area contributed by atoms with E-state index in [1.807, 2.05) is 11.8 Å². The fraction of sp³-hybridized carbons (Fsp3) is 0.591. The number of carbonyl (C=O) groups is 1. The Labute approximate surface area is 161 Å². The number of nitrogens with zero attached hydrogens (tertiary/aromatic N) is 1. The van der Waals surface area contributed by atoms with Crippen molar-refractivity contribution in [3.63, 3.8) is 0 Å². The van der Waals surface area contributed by atoms with Gasteiger partial charge < -0.3 is 5.32 Å². The Morgan fingerprint density at radius 3 is 3.08 bits per heavy atom. The Balaban J connectivity index is 1.61. The van der Waals surface area contributed by atoms with Gasteiger partial charge in [-0.1, -0.05) is 25.1 Å². The lowest BCUT2D eigenvalue weighted by molar-refractivity contribution is -0.114. The van der Waals surface area contributed by atoms with Crippen LogP contribution in [0.2, 0.25) is 0 Å². The van der Waals surface area contributed by atoms with Crippen LogP contribution in [-0.4, -0.2) is 41.3 Å². The third-order valence-corrected chi connectivity index (χ3v) is 7.40. The van der Waals surface area contributed by atoms with Gasteiger partial charge in [-0.25, -0.2) is 0 Å². The van der Waals surface area contributed by atoms with Gasteiger partial charge in [0.1, 0.15) is 5.78 Å². The Morgan fingerprint density at radius 2 is 2.27 bits per heavy atom. The van der Waals surface area contributed by atoms with Crippen LogP contribution in [0, 0.1) is 5.92 Å². The van der Waals surface area contributed by atoms with Crippen molar-refractivity contribution in [2.24, 2.45) is 5.92 Å². The molecule has 26 heavy (non-hydrogen) atoms. The molecule has 1 fully saturated rings. The van der Waals surface area contributed by atoms with Crippen LogP contribution in [0.3, 0.4) is 0 Å². The van der Waals surface area contributed by atoms with Gasteiger partial charge in [-0.2, -0.15) is 11.8 Å². The highest BCUT2D eigenvalue weighted by molar-refractivity contribution is 7.99. The van der Waals surface area contributed by atoms with E-state index in [2.05, 4.69) is 41.5 Å². The maximum Gasteiger partial charge on any atom is 0.139 e. The zero-order valence-corrected chi connectivity index (χ0v) is 16.8. The van der Waals surface area contributed by atoms with Gasteiger partial charge in [0.05, 0.1) is 5.75 Å². The van der Waals surface area contributed by atoms with Gasteiger partial charge in [-0.15, -0.1) is 0 Å². The first-order chi connectivity index (χ1) is 12.7. The lowest BCUT2D eigenvalue weighted by Gasteiger charge is -2.49. The van der Waals surface area contributed by atoms with Crippen LogP contribution in [0.5, 0.6) is 0 Å². The van der Waals surface area contributed by atoms with Crippen molar-refractivity contribution in [1.82, 2.24) is 10.2 Å².